The van der Waals surface area contributed by atoms with Crippen molar-refractivity contribution in [1.82, 2.24) is 4.90 Å². The minimum Gasteiger partial charge on any atom is -0.324 e. The van der Waals surface area contributed by atoms with Gasteiger partial charge >= 0.3 is 0 Å². The van der Waals surface area contributed by atoms with Gasteiger partial charge in [0.25, 0.3) is 0 Å². The Labute approximate surface area is 86.8 Å². The van der Waals surface area contributed by atoms with Crippen molar-refractivity contribution < 1.29 is 0 Å². The van der Waals surface area contributed by atoms with Crippen LogP contribution in [0.3, 0.4) is 0 Å². The molecule has 0 fully saturated rings. The summed E-state index contributed by atoms with van der Waals surface area (Å²) in [5.74, 6) is 0. The van der Waals surface area contributed by atoms with Crippen molar-refractivity contribution in [1.29, 1.82) is 0 Å². The van der Waals surface area contributed by atoms with Crippen LogP contribution >= 0.6 is 0 Å². The number of allylic oxidation sites excluding steroid dienone is 1. The van der Waals surface area contributed by atoms with Gasteiger partial charge in [-0.3, -0.25) is 0 Å². The number of rotatable bonds is 2. The van der Waals surface area contributed by atoms with Gasteiger partial charge in [0, 0.05) is 12.6 Å². The van der Waals surface area contributed by atoms with Crippen molar-refractivity contribution in [3.8, 4) is 0 Å². The average Bonchev–Trinajstić information content (AvgIpc) is 2.31. The van der Waals surface area contributed by atoms with E-state index in [2.05, 4.69) is 24.6 Å². The first-order valence-electron chi connectivity index (χ1n) is 5.11. The fourth-order valence-corrected chi connectivity index (χ4v) is 1.81. The predicted molar refractivity (Wildman–Crippen MR) is 62.1 cm³/mol. The van der Waals surface area contributed by atoms with E-state index in [-0.39, 0.29) is 6.04 Å². The summed E-state index contributed by atoms with van der Waals surface area (Å²) >= 11 is 0. The molecule has 2 heteroatoms. The summed E-state index contributed by atoms with van der Waals surface area (Å²) in [7, 11) is 2.12. The van der Waals surface area contributed by atoms with Crippen molar-refractivity contribution in [2.75, 3.05) is 20.1 Å². The SMILES string of the molecule is C=CC1=C(/C=C\C)C(N)CCN(C)C1. The second-order valence-electron chi connectivity index (χ2n) is 3.82. The van der Waals surface area contributed by atoms with Crippen LogP contribution in [-0.4, -0.2) is 31.1 Å². The molecule has 2 nitrogen and oxygen atoms in total. The highest BCUT2D eigenvalue weighted by atomic mass is 15.1. The molecule has 0 amide bonds. The summed E-state index contributed by atoms with van der Waals surface area (Å²) in [6.45, 7) is 7.89. The van der Waals surface area contributed by atoms with Gasteiger partial charge in [-0.1, -0.05) is 24.8 Å². The molecular weight excluding hydrogens is 172 g/mol. The Morgan fingerprint density at radius 3 is 2.86 bits per heavy atom. The minimum atomic E-state index is 0.157. The standard InChI is InChI=1S/C12H20N2/c1-4-6-11-10(5-2)9-14(3)8-7-12(11)13/h4-6,12H,2,7-9,13H2,1,3H3/b6-4-. The second kappa shape index (κ2) is 5.13. The van der Waals surface area contributed by atoms with Gasteiger partial charge in [0.15, 0.2) is 0 Å². The Hall–Kier alpha value is -0.860. The first-order chi connectivity index (χ1) is 6.69. The lowest BCUT2D eigenvalue weighted by Crippen LogP contribution is -2.25. The molecule has 14 heavy (non-hydrogen) atoms. The third-order valence-corrected chi connectivity index (χ3v) is 2.62. The molecule has 2 N–H and O–H groups in total. The largest absolute Gasteiger partial charge is 0.324 e. The molecule has 1 heterocycles. The normalized spacial score (nSPS) is 25.5. The summed E-state index contributed by atoms with van der Waals surface area (Å²) < 4.78 is 0. The van der Waals surface area contributed by atoms with Gasteiger partial charge in [-0.15, -0.1) is 0 Å². The van der Waals surface area contributed by atoms with Crippen LogP contribution < -0.4 is 5.73 Å². The highest BCUT2D eigenvalue weighted by Gasteiger charge is 2.16. The van der Waals surface area contributed by atoms with Gasteiger partial charge in [0.05, 0.1) is 0 Å². The predicted octanol–water partition coefficient (Wildman–Crippen LogP) is 1.71. The van der Waals surface area contributed by atoms with E-state index in [9.17, 15) is 0 Å². The molecule has 1 unspecified atom stereocenters. The molecule has 1 aliphatic rings. The summed E-state index contributed by atoms with van der Waals surface area (Å²) in [5.41, 5.74) is 8.61. The molecule has 0 aromatic rings. The Morgan fingerprint density at radius 1 is 1.57 bits per heavy atom. The summed E-state index contributed by atoms with van der Waals surface area (Å²) in [5, 5.41) is 0. The molecule has 0 bridgehead atoms. The Bertz CT molecular complexity index is 263. The molecule has 0 saturated heterocycles. The number of hydrogen-bond donors (Lipinski definition) is 1. The van der Waals surface area contributed by atoms with Crippen molar-refractivity contribution in [3.05, 3.63) is 36.0 Å². The van der Waals surface area contributed by atoms with Gasteiger partial charge in [-0.25, -0.2) is 0 Å². The lowest BCUT2D eigenvalue weighted by Gasteiger charge is -2.13. The molecule has 0 spiro atoms. The maximum absolute atomic E-state index is 6.11. The molecule has 0 radical (unpaired) electrons. The zero-order chi connectivity index (χ0) is 10.6. The zero-order valence-electron chi connectivity index (χ0n) is 9.16. The van der Waals surface area contributed by atoms with E-state index in [4.69, 9.17) is 5.73 Å². The third-order valence-electron chi connectivity index (χ3n) is 2.62. The number of nitrogens with zero attached hydrogens (tertiary/aromatic N) is 1. The van der Waals surface area contributed by atoms with Gasteiger partial charge in [-0.05, 0) is 38.1 Å². The van der Waals surface area contributed by atoms with Crippen LogP contribution in [0.4, 0.5) is 0 Å². The number of likely N-dealkylation sites (N-methyl/N-ethyl adjacent to an activating group) is 1. The highest BCUT2D eigenvalue weighted by Crippen LogP contribution is 2.18. The van der Waals surface area contributed by atoms with E-state index in [1.165, 1.54) is 11.1 Å². The Balaban J connectivity index is 3.01. The molecule has 1 aliphatic heterocycles. The van der Waals surface area contributed by atoms with Gasteiger partial charge < -0.3 is 10.6 Å². The van der Waals surface area contributed by atoms with Crippen LogP contribution in [0.5, 0.6) is 0 Å². The van der Waals surface area contributed by atoms with Crippen LogP contribution in [0.2, 0.25) is 0 Å². The molecule has 1 atom stereocenters. The average molecular weight is 192 g/mol. The van der Waals surface area contributed by atoms with Crippen LogP contribution in [0.25, 0.3) is 0 Å². The molecule has 1 rings (SSSR count). The maximum Gasteiger partial charge on any atom is 0.0310 e. The monoisotopic (exact) mass is 192 g/mol. The van der Waals surface area contributed by atoms with Crippen molar-refractivity contribution in [3.63, 3.8) is 0 Å². The van der Waals surface area contributed by atoms with Gasteiger partial charge in [0.2, 0.25) is 0 Å². The molecule has 0 aromatic carbocycles. The summed E-state index contributed by atoms with van der Waals surface area (Å²) in [4.78, 5) is 2.29. The molecular formula is C12H20N2. The lowest BCUT2D eigenvalue weighted by molar-refractivity contribution is 0.362. The fourth-order valence-electron chi connectivity index (χ4n) is 1.81. The highest BCUT2D eigenvalue weighted by molar-refractivity contribution is 5.37. The fraction of sp³-hybridized carbons (Fsp3) is 0.500. The van der Waals surface area contributed by atoms with E-state index in [1.807, 2.05) is 19.1 Å². The van der Waals surface area contributed by atoms with Gasteiger partial charge in [-0.2, -0.15) is 0 Å². The smallest absolute Gasteiger partial charge is 0.0310 e. The van der Waals surface area contributed by atoms with Crippen molar-refractivity contribution in [2.24, 2.45) is 5.73 Å². The van der Waals surface area contributed by atoms with E-state index in [0.717, 1.165) is 19.5 Å². The van der Waals surface area contributed by atoms with Crippen LogP contribution in [-0.2, 0) is 0 Å². The van der Waals surface area contributed by atoms with Crippen LogP contribution in [0.1, 0.15) is 13.3 Å². The Morgan fingerprint density at radius 2 is 2.29 bits per heavy atom. The zero-order valence-corrected chi connectivity index (χ0v) is 9.16. The summed E-state index contributed by atoms with van der Waals surface area (Å²) in [6, 6.07) is 0.157. The summed E-state index contributed by atoms with van der Waals surface area (Å²) in [6.07, 6.45) is 7.11. The molecule has 78 valence electrons. The van der Waals surface area contributed by atoms with E-state index in [1.54, 1.807) is 0 Å². The molecule has 0 aliphatic carbocycles. The van der Waals surface area contributed by atoms with E-state index < -0.39 is 0 Å². The second-order valence-corrected chi connectivity index (χ2v) is 3.82. The van der Waals surface area contributed by atoms with Gasteiger partial charge in [0.1, 0.15) is 0 Å². The van der Waals surface area contributed by atoms with E-state index in [0.29, 0.717) is 0 Å². The minimum absolute atomic E-state index is 0.157. The lowest BCUT2D eigenvalue weighted by atomic mass is 9.99. The molecule has 0 saturated carbocycles. The topological polar surface area (TPSA) is 29.3 Å². The number of nitrogens with two attached hydrogens (primary N) is 1. The number of hydrogen-bond acceptors (Lipinski definition) is 2. The van der Waals surface area contributed by atoms with Crippen LogP contribution in [0, 0.1) is 0 Å². The van der Waals surface area contributed by atoms with Crippen LogP contribution in [0.15, 0.2) is 36.0 Å². The maximum atomic E-state index is 6.11. The van der Waals surface area contributed by atoms with Crippen molar-refractivity contribution in [2.45, 2.75) is 19.4 Å². The first-order valence-corrected chi connectivity index (χ1v) is 5.11. The quantitative estimate of drug-likeness (QED) is 0.721. The first kappa shape index (κ1) is 11.2. The third kappa shape index (κ3) is 2.56. The Kier molecular flexibility index (Phi) is 4.11. The van der Waals surface area contributed by atoms with E-state index >= 15 is 0 Å². The molecule has 0 aromatic heterocycles. The van der Waals surface area contributed by atoms with Crippen molar-refractivity contribution >= 4 is 0 Å².